The zero-order valence-corrected chi connectivity index (χ0v) is 12.0. The maximum atomic E-state index is 12.8. The number of nitrogens with zero attached hydrogens (tertiary/aromatic N) is 2. The van der Waals surface area contributed by atoms with Crippen molar-refractivity contribution in [1.29, 1.82) is 0 Å². The molecule has 4 nitrogen and oxygen atoms in total. The SMILES string of the molecule is COc1ncccc1C(=O)N1CCCC1c1ccccc1. The predicted octanol–water partition coefficient (Wildman–Crippen LogP) is 3.07. The van der Waals surface area contributed by atoms with Gasteiger partial charge in [-0.05, 0) is 30.5 Å². The number of amides is 1. The number of hydrogen-bond acceptors (Lipinski definition) is 3. The summed E-state index contributed by atoms with van der Waals surface area (Å²) in [4.78, 5) is 18.9. The Morgan fingerprint density at radius 2 is 2.05 bits per heavy atom. The second-order valence-corrected chi connectivity index (χ2v) is 5.13. The van der Waals surface area contributed by atoms with Gasteiger partial charge in [0.25, 0.3) is 5.91 Å². The quantitative estimate of drug-likeness (QED) is 0.869. The Balaban J connectivity index is 1.90. The Bertz CT molecular complexity index is 628. The molecule has 0 spiro atoms. The highest BCUT2D eigenvalue weighted by molar-refractivity contribution is 5.96. The van der Waals surface area contributed by atoms with E-state index in [1.54, 1.807) is 18.3 Å². The highest BCUT2D eigenvalue weighted by atomic mass is 16.5. The molecule has 4 heteroatoms. The maximum absolute atomic E-state index is 12.8. The molecule has 1 aromatic heterocycles. The molecule has 21 heavy (non-hydrogen) atoms. The van der Waals surface area contributed by atoms with Crippen molar-refractivity contribution in [2.75, 3.05) is 13.7 Å². The van der Waals surface area contributed by atoms with Gasteiger partial charge in [-0.25, -0.2) is 4.98 Å². The predicted molar refractivity (Wildman–Crippen MR) is 80.2 cm³/mol. The first kappa shape index (κ1) is 13.6. The number of carbonyl (C=O) groups excluding carboxylic acids is 1. The molecule has 2 aromatic rings. The summed E-state index contributed by atoms with van der Waals surface area (Å²) in [6, 6.07) is 13.9. The topological polar surface area (TPSA) is 42.4 Å². The standard InChI is InChI=1S/C17H18N2O2/c1-21-16-14(9-5-11-18-16)17(20)19-12-6-10-15(19)13-7-3-2-4-8-13/h2-5,7-9,11,15H,6,10,12H2,1H3. The average molecular weight is 282 g/mol. The Kier molecular flexibility index (Phi) is 3.86. The normalized spacial score (nSPS) is 17.8. The lowest BCUT2D eigenvalue weighted by molar-refractivity contribution is 0.0731. The first-order valence-corrected chi connectivity index (χ1v) is 7.16. The molecule has 0 saturated carbocycles. The number of hydrogen-bond donors (Lipinski definition) is 0. The Hall–Kier alpha value is -2.36. The molecule has 1 aliphatic rings. The summed E-state index contributed by atoms with van der Waals surface area (Å²) in [6.45, 7) is 0.774. The van der Waals surface area contributed by atoms with Crippen LogP contribution in [0, 0.1) is 0 Å². The van der Waals surface area contributed by atoms with Crippen LogP contribution >= 0.6 is 0 Å². The minimum absolute atomic E-state index is 0.00805. The molecule has 1 amide bonds. The van der Waals surface area contributed by atoms with Crippen molar-refractivity contribution in [3.05, 3.63) is 59.8 Å². The zero-order valence-electron chi connectivity index (χ0n) is 12.0. The lowest BCUT2D eigenvalue weighted by Gasteiger charge is -2.25. The van der Waals surface area contributed by atoms with Crippen molar-refractivity contribution in [1.82, 2.24) is 9.88 Å². The average Bonchev–Trinajstić information content (AvgIpc) is 3.04. The van der Waals surface area contributed by atoms with Crippen LogP contribution in [0.3, 0.4) is 0 Å². The van der Waals surface area contributed by atoms with Crippen molar-refractivity contribution in [2.45, 2.75) is 18.9 Å². The van der Waals surface area contributed by atoms with E-state index in [2.05, 4.69) is 17.1 Å². The molecule has 1 aliphatic heterocycles. The van der Waals surface area contributed by atoms with E-state index in [-0.39, 0.29) is 11.9 Å². The van der Waals surface area contributed by atoms with Crippen molar-refractivity contribution in [3.63, 3.8) is 0 Å². The fourth-order valence-corrected chi connectivity index (χ4v) is 2.90. The van der Waals surface area contributed by atoms with E-state index < -0.39 is 0 Å². The Labute approximate surface area is 124 Å². The van der Waals surface area contributed by atoms with Crippen molar-refractivity contribution in [2.24, 2.45) is 0 Å². The van der Waals surface area contributed by atoms with E-state index in [4.69, 9.17) is 4.74 Å². The van der Waals surface area contributed by atoms with Crippen molar-refractivity contribution >= 4 is 5.91 Å². The van der Waals surface area contributed by atoms with Gasteiger partial charge in [-0.1, -0.05) is 30.3 Å². The molecule has 2 heterocycles. The van der Waals surface area contributed by atoms with Gasteiger partial charge in [0.1, 0.15) is 5.56 Å². The minimum Gasteiger partial charge on any atom is -0.480 e. The van der Waals surface area contributed by atoms with Crippen molar-refractivity contribution in [3.8, 4) is 5.88 Å². The van der Waals surface area contributed by atoms with Gasteiger partial charge in [0, 0.05) is 12.7 Å². The lowest BCUT2D eigenvalue weighted by atomic mass is 10.0. The highest BCUT2D eigenvalue weighted by Gasteiger charge is 2.31. The summed E-state index contributed by atoms with van der Waals surface area (Å²) in [5.41, 5.74) is 1.72. The van der Waals surface area contributed by atoms with Crippen LogP contribution in [-0.2, 0) is 0 Å². The van der Waals surface area contributed by atoms with Crippen LogP contribution in [0.4, 0.5) is 0 Å². The number of benzene rings is 1. The van der Waals surface area contributed by atoms with Crippen molar-refractivity contribution < 1.29 is 9.53 Å². The lowest BCUT2D eigenvalue weighted by Crippen LogP contribution is -2.31. The Morgan fingerprint density at radius 1 is 1.24 bits per heavy atom. The van der Waals surface area contributed by atoms with Gasteiger partial charge in [0.15, 0.2) is 0 Å². The molecule has 0 N–H and O–H groups in total. The van der Waals surface area contributed by atoms with Crippen LogP contribution in [0.15, 0.2) is 48.7 Å². The number of rotatable bonds is 3. The van der Waals surface area contributed by atoms with E-state index >= 15 is 0 Å². The fraction of sp³-hybridized carbons (Fsp3) is 0.294. The van der Waals surface area contributed by atoms with Crippen LogP contribution in [0.25, 0.3) is 0 Å². The largest absolute Gasteiger partial charge is 0.480 e. The molecule has 108 valence electrons. The van der Waals surface area contributed by atoms with Gasteiger partial charge in [0.2, 0.25) is 5.88 Å². The molecule has 0 bridgehead atoms. The summed E-state index contributed by atoms with van der Waals surface area (Å²) in [5, 5.41) is 0. The van der Waals surface area contributed by atoms with Gasteiger partial charge in [-0.2, -0.15) is 0 Å². The number of aromatic nitrogens is 1. The smallest absolute Gasteiger partial charge is 0.259 e. The second kappa shape index (κ2) is 5.95. The number of carbonyl (C=O) groups is 1. The molecular formula is C17H18N2O2. The molecule has 1 saturated heterocycles. The third-order valence-corrected chi connectivity index (χ3v) is 3.89. The third kappa shape index (κ3) is 2.61. The third-order valence-electron chi connectivity index (χ3n) is 3.89. The maximum Gasteiger partial charge on any atom is 0.259 e. The molecule has 1 atom stereocenters. The van der Waals surface area contributed by atoms with Crippen LogP contribution in [0.2, 0.25) is 0 Å². The first-order valence-electron chi connectivity index (χ1n) is 7.16. The highest BCUT2D eigenvalue weighted by Crippen LogP contribution is 2.33. The van der Waals surface area contributed by atoms with Crippen LogP contribution in [0.1, 0.15) is 34.8 Å². The van der Waals surface area contributed by atoms with E-state index in [0.29, 0.717) is 11.4 Å². The molecule has 3 rings (SSSR count). The minimum atomic E-state index is -0.00805. The number of pyridine rings is 1. The molecular weight excluding hydrogens is 264 g/mol. The van der Waals surface area contributed by atoms with E-state index in [1.165, 1.54) is 12.7 Å². The van der Waals surface area contributed by atoms with E-state index in [1.807, 2.05) is 23.1 Å². The zero-order chi connectivity index (χ0) is 14.7. The molecule has 0 radical (unpaired) electrons. The Morgan fingerprint density at radius 3 is 2.81 bits per heavy atom. The molecule has 0 aliphatic carbocycles. The molecule has 1 fully saturated rings. The number of methoxy groups -OCH3 is 1. The van der Waals surface area contributed by atoms with Crippen LogP contribution in [0.5, 0.6) is 5.88 Å². The van der Waals surface area contributed by atoms with Gasteiger partial charge in [-0.15, -0.1) is 0 Å². The number of likely N-dealkylation sites (tertiary alicyclic amines) is 1. The molecule has 1 aromatic carbocycles. The van der Waals surface area contributed by atoms with E-state index in [9.17, 15) is 4.79 Å². The monoisotopic (exact) mass is 282 g/mol. The summed E-state index contributed by atoms with van der Waals surface area (Å²) in [6.07, 6.45) is 3.65. The van der Waals surface area contributed by atoms with Crippen LogP contribution in [-0.4, -0.2) is 29.4 Å². The number of ether oxygens (including phenoxy) is 1. The summed E-state index contributed by atoms with van der Waals surface area (Å²) < 4.78 is 5.21. The second-order valence-electron chi connectivity index (χ2n) is 5.13. The van der Waals surface area contributed by atoms with E-state index in [0.717, 1.165) is 19.4 Å². The van der Waals surface area contributed by atoms with Gasteiger partial charge < -0.3 is 9.64 Å². The summed E-state index contributed by atoms with van der Waals surface area (Å²) in [7, 11) is 1.54. The molecule has 1 unspecified atom stereocenters. The van der Waals surface area contributed by atoms with Gasteiger partial charge in [0.05, 0.1) is 13.2 Å². The van der Waals surface area contributed by atoms with Crippen LogP contribution < -0.4 is 4.74 Å². The van der Waals surface area contributed by atoms with Gasteiger partial charge >= 0.3 is 0 Å². The van der Waals surface area contributed by atoms with Gasteiger partial charge in [-0.3, -0.25) is 4.79 Å². The fourth-order valence-electron chi connectivity index (χ4n) is 2.90. The first-order chi connectivity index (χ1) is 10.3. The summed E-state index contributed by atoms with van der Waals surface area (Å²) in [5.74, 6) is 0.382. The summed E-state index contributed by atoms with van der Waals surface area (Å²) >= 11 is 0.